The van der Waals surface area contributed by atoms with E-state index in [0.29, 0.717) is 0 Å². The fourth-order valence-electron chi connectivity index (χ4n) is 2.08. The minimum atomic E-state index is 0.726. The molecule has 1 heterocycles. The number of nitrogens with zero attached hydrogens (tertiary/aromatic N) is 2. The number of rotatable bonds is 9. The smallest absolute Gasteiger partial charge is 0.154 e. The lowest BCUT2D eigenvalue weighted by Crippen LogP contribution is -2.00. The third-order valence-electron chi connectivity index (χ3n) is 3.51. The molecule has 0 aliphatic heterocycles. The van der Waals surface area contributed by atoms with Crippen LogP contribution in [0.25, 0.3) is 11.6 Å². The Hall–Kier alpha value is -2.22. The van der Waals surface area contributed by atoms with Gasteiger partial charge in [0.05, 0.1) is 5.69 Å². The Morgan fingerprint density at radius 1 is 1.18 bits per heavy atom. The van der Waals surface area contributed by atoms with Gasteiger partial charge < -0.3 is 0 Å². The molecule has 0 bridgehead atoms. The van der Waals surface area contributed by atoms with E-state index in [4.69, 9.17) is 0 Å². The highest BCUT2D eigenvalue weighted by atomic mass is 14.9. The Balaban J connectivity index is 2.96. The van der Waals surface area contributed by atoms with E-state index >= 15 is 0 Å². The Morgan fingerprint density at radius 3 is 2.55 bits per heavy atom. The molecule has 1 aromatic rings. The second-order valence-corrected chi connectivity index (χ2v) is 5.12. The Kier molecular flexibility index (Phi) is 7.84. The summed E-state index contributed by atoms with van der Waals surface area (Å²) in [5.74, 6) is 0.779. The third-order valence-corrected chi connectivity index (χ3v) is 3.51. The lowest BCUT2D eigenvalue weighted by Gasteiger charge is -2.07. The molecule has 0 spiro atoms. The molecule has 0 aromatic carbocycles. The molecule has 0 N–H and O–H groups in total. The summed E-state index contributed by atoms with van der Waals surface area (Å²) in [6.07, 6.45) is 15.5. The molecule has 0 radical (unpaired) electrons. The minimum absolute atomic E-state index is 0.726. The second-order valence-electron chi connectivity index (χ2n) is 5.12. The van der Waals surface area contributed by atoms with Crippen LogP contribution in [0, 0.1) is 0 Å². The molecule has 116 valence electrons. The summed E-state index contributed by atoms with van der Waals surface area (Å²) in [5.41, 5.74) is 4.45. The first-order chi connectivity index (χ1) is 10.7. The highest BCUT2D eigenvalue weighted by molar-refractivity contribution is 5.59. The molecule has 22 heavy (non-hydrogen) atoms. The topological polar surface area (TPSA) is 25.8 Å². The van der Waals surface area contributed by atoms with Crippen molar-refractivity contribution in [2.24, 2.45) is 0 Å². The first-order valence-corrected chi connectivity index (χ1v) is 7.71. The van der Waals surface area contributed by atoms with Gasteiger partial charge in [0.2, 0.25) is 0 Å². The van der Waals surface area contributed by atoms with E-state index < -0.39 is 0 Å². The van der Waals surface area contributed by atoms with Gasteiger partial charge in [-0.15, -0.1) is 13.2 Å². The summed E-state index contributed by atoms with van der Waals surface area (Å²) >= 11 is 0. The van der Waals surface area contributed by atoms with Crippen LogP contribution in [-0.2, 0) is 6.42 Å². The van der Waals surface area contributed by atoms with Crippen LogP contribution in [-0.4, -0.2) is 9.97 Å². The van der Waals surface area contributed by atoms with Crippen molar-refractivity contribution in [3.63, 3.8) is 0 Å². The zero-order valence-electron chi connectivity index (χ0n) is 13.8. The van der Waals surface area contributed by atoms with E-state index in [-0.39, 0.29) is 0 Å². The van der Waals surface area contributed by atoms with E-state index in [2.05, 4.69) is 55.7 Å². The summed E-state index contributed by atoms with van der Waals surface area (Å²) in [4.78, 5) is 9.08. The molecular weight excluding hydrogens is 268 g/mol. The molecule has 0 atom stereocenters. The van der Waals surface area contributed by atoms with E-state index in [9.17, 15) is 0 Å². The van der Waals surface area contributed by atoms with Crippen LogP contribution in [0.4, 0.5) is 0 Å². The molecule has 0 unspecified atom stereocenters. The highest BCUT2D eigenvalue weighted by Gasteiger charge is 2.05. The average molecular weight is 294 g/mol. The molecule has 0 aliphatic carbocycles. The van der Waals surface area contributed by atoms with Crippen molar-refractivity contribution < 1.29 is 0 Å². The van der Waals surface area contributed by atoms with Crippen LogP contribution in [0.3, 0.4) is 0 Å². The van der Waals surface area contributed by atoms with E-state index in [1.807, 2.05) is 18.3 Å². The third kappa shape index (κ3) is 5.28. The van der Waals surface area contributed by atoms with Crippen molar-refractivity contribution in [3.05, 3.63) is 72.9 Å². The van der Waals surface area contributed by atoms with Gasteiger partial charge in [-0.25, -0.2) is 9.97 Å². The van der Waals surface area contributed by atoms with Crippen LogP contribution in [0.15, 0.2) is 55.8 Å². The quantitative estimate of drug-likeness (QED) is 0.558. The standard InChI is InChI=1S/C20H26N2/c1-6-10-12-17(8-3)14-13-16(5)20-21-15-18(9-4)19(22-20)11-7-2/h6-7,9,12-13,15H,1-2,4,8,10-11,14H2,3,5H3/b16-13?,17-12-. The van der Waals surface area contributed by atoms with Crippen molar-refractivity contribution >= 4 is 11.6 Å². The van der Waals surface area contributed by atoms with E-state index in [1.165, 1.54) is 5.57 Å². The lowest BCUT2D eigenvalue weighted by molar-refractivity contribution is 0.995. The zero-order valence-corrected chi connectivity index (χ0v) is 13.8. The molecule has 0 saturated carbocycles. The molecule has 1 aromatic heterocycles. The van der Waals surface area contributed by atoms with Crippen molar-refractivity contribution in [1.82, 2.24) is 9.97 Å². The van der Waals surface area contributed by atoms with Crippen LogP contribution in [0.1, 0.15) is 50.2 Å². The Bertz CT molecular complexity index is 592. The summed E-state index contributed by atoms with van der Waals surface area (Å²) in [5, 5.41) is 0. The monoisotopic (exact) mass is 294 g/mol. The number of aromatic nitrogens is 2. The summed E-state index contributed by atoms with van der Waals surface area (Å²) in [7, 11) is 0. The van der Waals surface area contributed by atoms with Crippen molar-refractivity contribution in [1.29, 1.82) is 0 Å². The van der Waals surface area contributed by atoms with E-state index in [1.54, 1.807) is 6.08 Å². The normalized spacial score (nSPS) is 12.1. The van der Waals surface area contributed by atoms with Crippen LogP contribution >= 0.6 is 0 Å². The molecule has 1 rings (SSSR count). The molecule has 0 amide bonds. The van der Waals surface area contributed by atoms with Gasteiger partial charge in [0.15, 0.2) is 5.82 Å². The summed E-state index contributed by atoms with van der Waals surface area (Å²) in [6, 6.07) is 0. The van der Waals surface area contributed by atoms with Gasteiger partial charge in [-0.05, 0) is 31.8 Å². The predicted octanol–water partition coefficient (Wildman–Crippen LogP) is 5.55. The van der Waals surface area contributed by atoms with E-state index in [0.717, 1.165) is 48.3 Å². The van der Waals surface area contributed by atoms with Crippen molar-refractivity contribution in [2.75, 3.05) is 0 Å². The summed E-state index contributed by atoms with van der Waals surface area (Å²) in [6.45, 7) is 15.6. The first-order valence-electron chi connectivity index (χ1n) is 7.71. The second kappa shape index (κ2) is 9.67. The fraction of sp³-hybridized carbons (Fsp3) is 0.300. The predicted molar refractivity (Wildman–Crippen MR) is 97.5 cm³/mol. The van der Waals surface area contributed by atoms with Crippen LogP contribution in [0.5, 0.6) is 0 Å². The SMILES string of the molecule is C=CC/C=C(/CC)CC=C(C)c1ncc(C=C)c(CC=C)n1. The van der Waals surface area contributed by atoms with Crippen molar-refractivity contribution in [3.8, 4) is 0 Å². The molecule has 2 heteroatoms. The van der Waals surface area contributed by atoms with Gasteiger partial charge in [0.1, 0.15) is 0 Å². The molecular formula is C20H26N2. The maximum absolute atomic E-state index is 4.64. The Morgan fingerprint density at radius 2 is 1.95 bits per heavy atom. The van der Waals surface area contributed by atoms with Gasteiger partial charge in [-0.3, -0.25) is 0 Å². The lowest BCUT2D eigenvalue weighted by atomic mass is 10.1. The van der Waals surface area contributed by atoms with Crippen LogP contribution in [0.2, 0.25) is 0 Å². The molecule has 2 nitrogen and oxygen atoms in total. The zero-order chi connectivity index (χ0) is 16.4. The number of allylic oxidation sites excluding steroid dienone is 6. The number of hydrogen-bond donors (Lipinski definition) is 0. The highest BCUT2D eigenvalue weighted by Crippen LogP contribution is 2.17. The molecule has 0 fully saturated rings. The Labute approximate surface area is 134 Å². The first kappa shape index (κ1) is 17.8. The van der Waals surface area contributed by atoms with Gasteiger partial charge in [-0.2, -0.15) is 0 Å². The minimum Gasteiger partial charge on any atom is -0.236 e. The molecule has 0 aliphatic rings. The maximum atomic E-state index is 4.64. The van der Waals surface area contributed by atoms with Gasteiger partial charge in [0.25, 0.3) is 0 Å². The van der Waals surface area contributed by atoms with Gasteiger partial charge >= 0.3 is 0 Å². The van der Waals surface area contributed by atoms with Gasteiger partial charge in [-0.1, -0.05) is 49.5 Å². The average Bonchev–Trinajstić information content (AvgIpc) is 2.55. The van der Waals surface area contributed by atoms with Crippen LogP contribution < -0.4 is 0 Å². The maximum Gasteiger partial charge on any atom is 0.154 e. The van der Waals surface area contributed by atoms with Gasteiger partial charge in [0, 0.05) is 18.2 Å². The fourth-order valence-corrected chi connectivity index (χ4v) is 2.08. The summed E-state index contributed by atoms with van der Waals surface area (Å²) < 4.78 is 0. The van der Waals surface area contributed by atoms with Crippen molar-refractivity contribution in [2.45, 2.75) is 39.5 Å². The molecule has 0 saturated heterocycles. The number of hydrogen-bond acceptors (Lipinski definition) is 2. The largest absolute Gasteiger partial charge is 0.236 e.